The van der Waals surface area contributed by atoms with Gasteiger partial charge in [0.2, 0.25) is 0 Å². The van der Waals surface area contributed by atoms with Crippen LogP contribution in [0.5, 0.6) is 5.75 Å². The Hall–Kier alpha value is -1.10. The maximum Gasteiger partial charge on any atom is 0.124 e. The lowest BCUT2D eigenvalue weighted by Gasteiger charge is -2.23. The molecule has 112 valence electrons. The zero-order chi connectivity index (χ0) is 14.0. The molecule has 2 N–H and O–H groups in total. The minimum Gasteiger partial charge on any atom is -0.491 e. The number of hydrogen-bond acceptors (Lipinski definition) is 3. The number of benzene rings is 1. The van der Waals surface area contributed by atoms with Crippen molar-refractivity contribution in [2.24, 2.45) is 0 Å². The van der Waals surface area contributed by atoms with Gasteiger partial charge in [0.05, 0.1) is 32.9 Å². The van der Waals surface area contributed by atoms with E-state index in [1.54, 1.807) is 4.90 Å². The van der Waals surface area contributed by atoms with Gasteiger partial charge in [0.15, 0.2) is 0 Å². The number of rotatable bonds is 8. The fraction of sp³-hybridized carbons (Fsp3) is 0.625. The third-order valence-electron chi connectivity index (χ3n) is 3.79. The van der Waals surface area contributed by atoms with Crippen molar-refractivity contribution in [2.75, 3.05) is 39.5 Å². The molecule has 2 rings (SSSR count). The number of aliphatic hydroxyl groups is 1. The van der Waals surface area contributed by atoms with Crippen molar-refractivity contribution >= 4 is 0 Å². The molecule has 1 aromatic carbocycles. The Morgan fingerprint density at radius 1 is 1.00 bits per heavy atom. The topological polar surface area (TPSA) is 43.1 Å². The molecule has 1 aliphatic heterocycles. The molecule has 20 heavy (non-hydrogen) atoms. The first-order valence-electron chi connectivity index (χ1n) is 7.63. The predicted octanol–water partition coefficient (Wildman–Crippen LogP) is 0.643. The second-order valence-corrected chi connectivity index (χ2v) is 5.29. The second kappa shape index (κ2) is 8.95. The lowest BCUT2D eigenvalue weighted by molar-refractivity contribution is -0.905. The summed E-state index contributed by atoms with van der Waals surface area (Å²) < 4.78 is 11.3. The van der Waals surface area contributed by atoms with Crippen molar-refractivity contribution in [3.05, 3.63) is 29.8 Å². The first-order chi connectivity index (χ1) is 9.90. The van der Waals surface area contributed by atoms with E-state index in [0.717, 1.165) is 24.5 Å². The van der Waals surface area contributed by atoms with Crippen LogP contribution in [0.1, 0.15) is 24.8 Å². The Morgan fingerprint density at radius 3 is 2.60 bits per heavy atom. The monoisotopic (exact) mass is 280 g/mol. The molecule has 1 aromatic rings. The average Bonchev–Trinajstić information content (AvgIpc) is 2.52. The average molecular weight is 280 g/mol. The van der Waals surface area contributed by atoms with Crippen molar-refractivity contribution < 1.29 is 19.5 Å². The van der Waals surface area contributed by atoms with Gasteiger partial charge in [-0.3, -0.25) is 0 Å². The number of hydrogen-bond donors (Lipinski definition) is 2. The molecule has 1 fully saturated rings. The summed E-state index contributed by atoms with van der Waals surface area (Å²) in [5.74, 6) is 0.750. The first-order valence-corrected chi connectivity index (χ1v) is 7.63. The fourth-order valence-electron chi connectivity index (χ4n) is 2.61. The van der Waals surface area contributed by atoms with Gasteiger partial charge in [0, 0.05) is 5.56 Å². The number of likely N-dealkylation sites (tertiary alicyclic amines) is 1. The maximum absolute atomic E-state index is 9.19. The van der Waals surface area contributed by atoms with Crippen LogP contribution in [0.25, 0.3) is 0 Å². The molecule has 4 heteroatoms. The van der Waals surface area contributed by atoms with E-state index in [9.17, 15) is 5.11 Å². The zero-order valence-corrected chi connectivity index (χ0v) is 12.1. The highest BCUT2D eigenvalue weighted by molar-refractivity contribution is 5.32. The van der Waals surface area contributed by atoms with E-state index in [2.05, 4.69) is 0 Å². The lowest BCUT2D eigenvalue weighted by Crippen LogP contribution is -3.13. The van der Waals surface area contributed by atoms with Gasteiger partial charge in [-0.1, -0.05) is 18.2 Å². The molecule has 4 nitrogen and oxygen atoms in total. The maximum atomic E-state index is 9.19. The molecule has 0 atom stereocenters. The second-order valence-electron chi connectivity index (χ2n) is 5.29. The summed E-state index contributed by atoms with van der Waals surface area (Å²) in [5, 5.41) is 9.19. The van der Waals surface area contributed by atoms with Crippen molar-refractivity contribution in [3.63, 3.8) is 0 Å². The van der Waals surface area contributed by atoms with Gasteiger partial charge in [0.25, 0.3) is 0 Å². The summed E-state index contributed by atoms with van der Waals surface area (Å²) in [6.45, 7) is 5.65. The smallest absolute Gasteiger partial charge is 0.124 e. The van der Waals surface area contributed by atoms with Gasteiger partial charge >= 0.3 is 0 Å². The molecule has 0 bridgehead atoms. The largest absolute Gasteiger partial charge is 0.491 e. The van der Waals surface area contributed by atoms with Crippen LogP contribution in [-0.4, -0.2) is 44.6 Å². The number of nitrogens with one attached hydrogen (secondary N) is 1. The number of aliphatic hydroxyl groups excluding tert-OH is 1. The summed E-state index contributed by atoms with van der Waals surface area (Å²) in [6.07, 6.45) is 4.11. The molecular formula is C16H26NO3+. The van der Waals surface area contributed by atoms with Gasteiger partial charge in [-0.25, -0.2) is 0 Å². The van der Waals surface area contributed by atoms with E-state index in [1.165, 1.54) is 32.4 Å². The molecule has 1 aliphatic rings. The third kappa shape index (κ3) is 5.12. The minimum absolute atomic E-state index is 0.00928. The van der Waals surface area contributed by atoms with Crippen LogP contribution in [0, 0.1) is 0 Å². The summed E-state index contributed by atoms with van der Waals surface area (Å²) in [7, 11) is 0. The molecule has 0 saturated carbocycles. The van der Waals surface area contributed by atoms with E-state index in [4.69, 9.17) is 9.47 Å². The van der Waals surface area contributed by atoms with Crippen LogP contribution in [0.15, 0.2) is 24.3 Å². The molecule has 0 spiro atoms. The van der Waals surface area contributed by atoms with Crippen molar-refractivity contribution in [1.29, 1.82) is 0 Å². The fourth-order valence-corrected chi connectivity index (χ4v) is 2.61. The van der Waals surface area contributed by atoms with Crippen LogP contribution in [0.2, 0.25) is 0 Å². The van der Waals surface area contributed by atoms with Gasteiger partial charge in [-0.2, -0.15) is 0 Å². The van der Waals surface area contributed by atoms with E-state index < -0.39 is 0 Å². The molecule has 1 heterocycles. The molecule has 1 saturated heterocycles. The van der Waals surface area contributed by atoms with Gasteiger partial charge in [0.1, 0.15) is 18.9 Å². The van der Waals surface area contributed by atoms with E-state index in [-0.39, 0.29) is 6.61 Å². The lowest BCUT2D eigenvalue weighted by atomic mass is 10.1. The van der Waals surface area contributed by atoms with Gasteiger partial charge < -0.3 is 19.5 Å². The highest BCUT2D eigenvalue weighted by Gasteiger charge is 2.12. The summed E-state index contributed by atoms with van der Waals surface area (Å²) in [5.41, 5.74) is 0.824. The Labute approximate surface area is 121 Å². The van der Waals surface area contributed by atoms with E-state index >= 15 is 0 Å². The quantitative estimate of drug-likeness (QED) is 0.687. The van der Waals surface area contributed by atoms with Crippen LogP contribution in [-0.2, 0) is 11.3 Å². The van der Waals surface area contributed by atoms with Gasteiger partial charge in [-0.05, 0) is 25.3 Å². The molecular weight excluding hydrogens is 254 g/mol. The van der Waals surface area contributed by atoms with Crippen LogP contribution < -0.4 is 9.64 Å². The Balaban J connectivity index is 1.55. The SMILES string of the molecule is OCc1ccccc1OCCOCC[NH+]1CCCCC1. The van der Waals surface area contributed by atoms with Gasteiger partial charge in [-0.15, -0.1) is 0 Å². The van der Waals surface area contributed by atoms with Crippen LogP contribution in [0.4, 0.5) is 0 Å². The van der Waals surface area contributed by atoms with Crippen molar-refractivity contribution in [1.82, 2.24) is 0 Å². The zero-order valence-electron chi connectivity index (χ0n) is 12.1. The van der Waals surface area contributed by atoms with E-state index in [0.29, 0.717) is 13.2 Å². The number of para-hydroxylation sites is 1. The molecule has 0 aliphatic carbocycles. The molecule has 0 radical (unpaired) electrons. The van der Waals surface area contributed by atoms with Crippen molar-refractivity contribution in [2.45, 2.75) is 25.9 Å². The Bertz CT molecular complexity index is 378. The molecule has 0 unspecified atom stereocenters. The Morgan fingerprint density at radius 2 is 1.80 bits per heavy atom. The number of quaternary nitrogens is 1. The van der Waals surface area contributed by atoms with Crippen LogP contribution >= 0.6 is 0 Å². The number of piperidine rings is 1. The standard InChI is InChI=1S/C16H25NO3/c18-14-15-6-2-3-7-16(15)20-13-12-19-11-10-17-8-4-1-5-9-17/h2-3,6-7,18H,1,4-5,8-14H2/p+1. The molecule has 0 aromatic heterocycles. The third-order valence-corrected chi connectivity index (χ3v) is 3.79. The molecule has 0 amide bonds. The predicted molar refractivity (Wildman–Crippen MR) is 78.1 cm³/mol. The highest BCUT2D eigenvalue weighted by atomic mass is 16.5. The Kier molecular flexibility index (Phi) is 6.84. The normalized spacial score (nSPS) is 16.2. The van der Waals surface area contributed by atoms with E-state index in [1.807, 2.05) is 24.3 Å². The first kappa shape index (κ1) is 15.3. The summed E-state index contributed by atoms with van der Waals surface area (Å²) >= 11 is 0. The summed E-state index contributed by atoms with van der Waals surface area (Å²) in [4.78, 5) is 1.67. The minimum atomic E-state index is 0.00928. The van der Waals surface area contributed by atoms with Crippen LogP contribution in [0.3, 0.4) is 0 Å². The van der Waals surface area contributed by atoms with Crippen molar-refractivity contribution in [3.8, 4) is 5.75 Å². The number of ether oxygens (including phenoxy) is 2. The summed E-state index contributed by atoms with van der Waals surface area (Å²) in [6, 6.07) is 7.56. The highest BCUT2D eigenvalue weighted by Crippen LogP contribution is 2.17.